The van der Waals surface area contributed by atoms with Gasteiger partial charge in [0.25, 0.3) is 11.8 Å². The van der Waals surface area contributed by atoms with Crippen LogP contribution < -0.4 is 15.4 Å². The summed E-state index contributed by atoms with van der Waals surface area (Å²) in [5.41, 5.74) is 1.65. The number of carbonyl (C=O) groups is 2. The van der Waals surface area contributed by atoms with Crippen LogP contribution in [0.3, 0.4) is 0 Å². The fourth-order valence-corrected chi connectivity index (χ4v) is 3.14. The van der Waals surface area contributed by atoms with Crippen molar-refractivity contribution in [2.24, 2.45) is 0 Å². The molecular weight excluding hydrogens is 431 g/mol. The Kier molecular flexibility index (Phi) is 8.22. The van der Waals surface area contributed by atoms with Crippen LogP contribution in [0.1, 0.15) is 46.9 Å². The molecule has 166 valence electrons. The number of halogens is 2. The Morgan fingerprint density at radius 3 is 2.25 bits per heavy atom. The lowest BCUT2D eigenvalue weighted by atomic mass is 10.1. The van der Waals surface area contributed by atoms with Gasteiger partial charge in [-0.15, -0.1) is 0 Å². The van der Waals surface area contributed by atoms with Crippen LogP contribution in [0.2, 0.25) is 5.02 Å². The molecule has 0 saturated carbocycles. The van der Waals surface area contributed by atoms with E-state index in [1.165, 1.54) is 18.2 Å². The van der Waals surface area contributed by atoms with Gasteiger partial charge in [-0.3, -0.25) is 9.59 Å². The Balaban J connectivity index is 1.60. The molecule has 0 aliphatic heterocycles. The van der Waals surface area contributed by atoms with Gasteiger partial charge in [0.05, 0.1) is 11.6 Å². The highest BCUT2D eigenvalue weighted by atomic mass is 35.5. The molecule has 0 aliphatic rings. The molecule has 7 heteroatoms. The molecule has 0 unspecified atom stereocenters. The smallest absolute Gasteiger partial charge is 0.255 e. The van der Waals surface area contributed by atoms with E-state index in [4.69, 9.17) is 16.3 Å². The normalized spacial score (nSPS) is 10.5. The molecule has 0 heterocycles. The molecule has 0 atom stereocenters. The zero-order chi connectivity index (χ0) is 22.9. The minimum atomic E-state index is -0.564. The first-order valence-corrected chi connectivity index (χ1v) is 10.7. The number of carbonyl (C=O) groups excluding carboxylic acids is 2. The standard InChI is InChI=1S/C25H24ClFN2O3/c1-2-3-4-14-32-21-11-8-17(9-12-21)24(30)28-19-7-5-6-18(15-19)25(31)29-20-10-13-23(27)22(26)16-20/h5-13,15-16H,2-4,14H2,1H3,(H,28,30)(H,29,31). The molecule has 3 aromatic rings. The van der Waals surface area contributed by atoms with Crippen molar-refractivity contribution in [2.45, 2.75) is 26.2 Å². The van der Waals surface area contributed by atoms with Gasteiger partial charge in [0.1, 0.15) is 11.6 Å². The van der Waals surface area contributed by atoms with Crippen LogP contribution in [-0.2, 0) is 0 Å². The van der Waals surface area contributed by atoms with Gasteiger partial charge in [0, 0.05) is 22.5 Å². The molecule has 32 heavy (non-hydrogen) atoms. The summed E-state index contributed by atoms with van der Waals surface area (Å²) >= 11 is 5.75. The average Bonchev–Trinajstić information content (AvgIpc) is 2.80. The number of anilines is 2. The first-order chi connectivity index (χ1) is 15.5. The quantitative estimate of drug-likeness (QED) is 0.360. The van der Waals surface area contributed by atoms with E-state index < -0.39 is 11.7 Å². The van der Waals surface area contributed by atoms with E-state index in [1.807, 2.05) is 0 Å². The van der Waals surface area contributed by atoms with E-state index in [1.54, 1.807) is 48.5 Å². The van der Waals surface area contributed by atoms with Crippen LogP contribution in [0.4, 0.5) is 15.8 Å². The van der Waals surface area contributed by atoms with Crippen molar-refractivity contribution < 1.29 is 18.7 Å². The molecule has 2 amide bonds. The van der Waals surface area contributed by atoms with E-state index in [0.717, 1.165) is 25.0 Å². The van der Waals surface area contributed by atoms with Gasteiger partial charge < -0.3 is 15.4 Å². The second kappa shape index (κ2) is 11.3. The third kappa shape index (κ3) is 6.56. The minimum Gasteiger partial charge on any atom is -0.494 e. The molecule has 3 aromatic carbocycles. The van der Waals surface area contributed by atoms with Crippen molar-refractivity contribution in [3.8, 4) is 5.75 Å². The minimum absolute atomic E-state index is 0.0822. The molecule has 0 radical (unpaired) electrons. The van der Waals surface area contributed by atoms with Crippen LogP contribution in [0.5, 0.6) is 5.75 Å². The summed E-state index contributed by atoms with van der Waals surface area (Å²) in [6, 6.07) is 17.4. The second-order valence-electron chi connectivity index (χ2n) is 7.20. The lowest BCUT2D eigenvalue weighted by Gasteiger charge is -2.10. The van der Waals surface area contributed by atoms with Crippen molar-refractivity contribution in [2.75, 3.05) is 17.2 Å². The number of benzene rings is 3. The predicted molar refractivity (Wildman–Crippen MR) is 125 cm³/mol. The molecule has 0 aliphatic carbocycles. The Labute approximate surface area is 191 Å². The van der Waals surface area contributed by atoms with Crippen molar-refractivity contribution in [1.82, 2.24) is 0 Å². The van der Waals surface area contributed by atoms with Crippen molar-refractivity contribution in [3.05, 3.63) is 88.7 Å². The largest absolute Gasteiger partial charge is 0.494 e. The van der Waals surface area contributed by atoms with E-state index in [-0.39, 0.29) is 10.9 Å². The van der Waals surface area contributed by atoms with Crippen molar-refractivity contribution in [1.29, 1.82) is 0 Å². The molecule has 2 N–H and O–H groups in total. The first kappa shape index (κ1) is 23.3. The number of hydrogen-bond acceptors (Lipinski definition) is 3. The first-order valence-electron chi connectivity index (χ1n) is 10.4. The van der Waals surface area contributed by atoms with E-state index in [9.17, 15) is 14.0 Å². The number of amides is 2. The fraction of sp³-hybridized carbons (Fsp3) is 0.200. The Hall–Kier alpha value is -3.38. The summed E-state index contributed by atoms with van der Waals surface area (Å²) in [4.78, 5) is 25.1. The van der Waals surface area contributed by atoms with Crippen LogP contribution in [0, 0.1) is 5.82 Å². The highest BCUT2D eigenvalue weighted by molar-refractivity contribution is 6.31. The maximum atomic E-state index is 13.3. The van der Waals surface area contributed by atoms with Crippen molar-refractivity contribution in [3.63, 3.8) is 0 Å². The molecule has 0 bridgehead atoms. The maximum Gasteiger partial charge on any atom is 0.255 e. The van der Waals surface area contributed by atoms with Crippen molar-refractivity contribution >= 4 is 34.8 Å². The number of rotatable bonds is 9. The zero-order valence-electron chi connectivity index (χ0n) is 17.7. The summed E-state index contributed by atoms with van der Waals surface area (Å²) < 4.78 is 18.9. The van der Waals surface area contributed by atoms with Crippen LogP contribution in [-0.4, -0.2) is 18.4 Å². The molecule has 0 saturated heterocycles. The molecule has 0 aromatic heterocycles. The predicted octanol–water partition coefficient (Wildman–Crippen LogP) is 6.55. The SMILES string of the molecule is CCCCCOc1ccc(C(=O)Nc2cccc(C(=O)Nc3ccc(F)c(Cl)c3)c2)cc1. The van der Waals surface area contributed by atoms with Gasteiger partial charge in [-0.05, 0) is 67.1 Å². The summed E-state index contributed by atoms with van der Waals surface area (Å²) in [7, 11) is 0. The zero-order valence-corrected chi connectivity index (χ0v) is 18.4. The summed E-state index contributed by atoms with van der Waals surface area (Å²) in [6.45, 7) is 2.79. The maximum absolute atomic E-state index is 13.3. The highest BCUT2D eigenvalue weighted by Gasteiger charge is 2.11. The van der Waals surface area contributed by atoms with Gasteiger partial charge in [-0.2, -0.15) is 0 Å². The Bertz CT molecular complexity index is 1090. The van der Waals surface area contributed by atoms with Gasteiger partial charge in [0.15, 0.2) is 0 Å². The monoisotopic (exact) mass is 454 g/mol. The number of unbranched alkanes of at least 4 members (excludes halogenated alkanes) is 2. The van der Waals surface area contributed by atoms with Crippen LogP contribution >= 0.6 is 11.6 Å². The Morgan fingerprint density at radius 1 is 0.875 bits per heavy atom. The van der Waals surface area contributed by atoms with Crippen LogP contribution in [0.25, 0.3) is 0 Å². The van der Waals surface area contributed by atoms with E-state index >= 15 is 0 Å². The lowest BCUT2D eigenvalue weighted by molar-refractivity contribution is 0.101. The van der Waals surface area contributed by atoms with Gasteiger partial charge >= 0.3 is 0 Å². The fourth-order valence-electron chi connectivity index (χ4n) is 2.96. The number of ether oxygens (including phenoxy) is 1. The van der Waals surface area contributed by atoms with Gasteiger partial charge in [-0.1, -0.05) is 37.4 Å². The van der Waals surface area contributed by atoms with E-state index in [2.05, 4.69) is 17.6 Å². The Morgan fingerprint density at radius 2 is 1.56 bits per heavy atom. The molecular formula is C25H24ClFN2O3. The second-order valence-corrected chi connectivity index (χ2v) is 7.61. The average molecular weight is 455 g/mol. The molecule has 0 fully saturated rings. The number of hydrogen-bond donors (Lipinski definition) is 2. The highest BCUT2D eigenvalue weighted by Crippen LogP contribution is 2.21. The third-order valence-corrected chi connectivity index (χ3v) is 4.98. The van der Waals surface area contributed by atoms with E-state index in [0.29, 0.717) is 29.1 Å². The third-order valence-electron chi connectivity index (χ3n) is 4.69. The topological polar surface area (TPSA) is 67.4 Å². The van der Waals surface area contributed by atoms with Crippen LogP contribution in [0.15, 0.2) is 66.7 Å². The number of nitrogens with one attached hydrogen (secondary N) is 2. The molecule has 5 nitrogen and oxygen atoms in total. The van der Waals surface area contributed by atoms with Gasteiger partial charge in [0.2, 0.25) is 0 Å². The lowest BCUT2D eigenvalue weighted by Crippen LogP contribution is -2.14. The van der Waals surface area contributed by atoms with Gasteiger partial charge in [-0.25, -0.2) is 4.39 Å². The molecule has 3 rings (SSSR count). The summed E-state index contributed by atoms with van der Waals surface area (Å²) in [5, 5.41) is 5.35. The summed E-state index contributed by atoms with van der Waals surface area (Å²) in [5.74, 6) is -0.554. The molecule has 0 spiro atoms. The summed E-state index contributed by atoms with van der Waals surface area (Å²) in [6.07, 6.45) is 3.25.